The Labute approximate surface area is 69.5 Å². The first-order valence-electron chi connectivity index (χ1n) is 4.11. The zero-order valence-electron chi connectivity index (χ0n) is 7.72. The fourth-order valence-corrected chi connectivity index (χ4v) is 0.635. The highest BCUT2D eigenvalue weighted by Gasteiger charge is 1.86. The third-order valence-electron chi connectivity index (χ3n) is 1.60. The summed E-state index contributed by atoms with van der Waals surface area (Å²) in [6.07, 6.45) is 5.94. The summed E-state index contributed by atoms with van der Waals surface area (Å²) in [5.41, 5.74) is 2.21. The molecule has 0 rings (SSSR count). The van der Waals surface area contributed by atoms with Crippen molar-refractivity contribution in [3.8, 4) is 0 Å². The van der Waals surface area contributed by atoms with Gasteiger partial charge in [-0.05, 0) is 25.3 Å². The van der Waals surface area contributed by atoms with E-state index in [4.69, 9.17) is 0 Å². The highest BCUT2D eigenvalue weighted by molar-refractivity contribution is 5.78. The van der Waals surface area contributed by atoms with Crippen molar-refractivity contribution in [3.05, 3.63) is 23.9 Å². The SMILES string of the molecule is C=C(CC)N=C/C(=C\C)CC. The molecule has 0 N–H and O–H groups in total. The van der Waals surface area contributed by atoms with E-state index < -0.39 is 0 Å². The molecule has 0 aliphatic heterocycles. The van der Waals surface area contributed by atoms with E-state index in [1.54, 1.807) is 0 Å². The van der Waals surface area contributed by atoms with Crippen LogP contribution in [0, 0.1) is 0 Å². The van der Waals surface area contributed by atoms with Crippen LogP contribution in [-0.2, 0) is 0 Å². The molecule has 1 heteroatoms. The van der Waals surface area contributed by atoms with E-state index in [9.17, 15) is 0 Å². The third kappa shape index (κ3) is 4.54. The molecule has 0 saturated heterocycles. The first kappa shape index (κ1) is 10.2. The van der Waals surface area contributed by atoms with Crippen molar-refractivity contribution in [1.82, 2.24) is 0 Å². The van der Waals surface area contributed by atoms with Gasteiger partial charge in [0.15, 0.2) is 0 Å². The lowest BCUT2D eigenvalue weighted by atomic mass is 10.2. The Morgan fingerprint density at radius 1 is 1.36 bits per heavy atom. The molecular formula is C10H17N. The third-order valence-corrected chi connectivity index (χ3v) is 1.60. The Balaban J connectivity index is 4.00. The predicted octanol–water partition coefficient (Wildman–Crippen LogP) is 3.34. The van der Waals surface area contributed by atoms with Gasteiger partial charge in [0, 0.05) is 11.9 Å². The van der Waals surface area contributed by atoms with Gasteiger partial charge in [-0.1, -0.05) is 26.5 Å². The molecule has 0 bridgehead atoms. The van der Waals surface area contributed by atoms with Crippen LogP contribution >= 0.6 is 0 Å². The molecule has 0 aromatic heterocycles. The maximum Gasteiger partial charge on any atom is 0.0329 e. The number of hydrogen-bond donors (Lipinski definition) is 0. The smallest absolute Gasteiger partial charge is 0.0329 e. The number of rotatable bonds is 4. The second kappa shape index (κ2) is 5.90. The molecule has 0 fully saturated rings. The van der Waals surface area contributed by atoms with Crippen molar-refractivity contribution < 1.29 is 0 Å². The Bertz CT molecular complexity index is 175. The lowest BCUT2D eigenvalue weighted by Crippen LogP contribution is -1.82. The largest absolute Gasteiger partial charge is 0.262 e. The summed E-state index contributed by atoms with van der Waals surface area (Å²) >= 11 is 0. The number of allylic oxidation sites excluding steroid dienone is 3. The fraction of sp³-hybridized carbons (Fsp3) is 0.500. The Kier molecular flexibility index (Phi) is 5.44. The summed E-state index contributed by atoms with van der Waals surface area (Å²) in [6, 6.07) is 0. The summed E-state index contributed by atoms with van der Waals surface area (Å²) in [4.78, 5) is 4.20. The van der Waals surface area contributed by atoms with Crippen LogP contribution in [0.3, 0.4) is 0 Å². The first-order valence-corrected chi connectivity index (χ1v) is 4.11. The topological polar surface area (TPSA) is 12.4 Å². The van der Waals surface area contributed by atoms with Crippen LogP contribution < -0.4 is 0 Å². The van der Waals surface area contributed by atoms with Crippen molar-refractivity contribution in [2.24, 2.45) is 4.99 Å². The normalized spacial score (nSPS) is 12.5. The van der Waals surface area contributed by atoms with Crippen LogP contribution in [-0.4, -0.2) is 6.21 Å². The van der Waals surface area contributed by atoms with Crippen LogP contribution in [0.1, 0.15) is 33.6 Å². The summed E-state index contributed by atoms with van der Waals surface area (Å²) in [5.74, 6) is 0. The van der Waals surface area contributed by atoms with E-state index in [2.05, 4.69) is 31.5 Å². The van der Waals surface area contributed by atoms with Gasteiger partial charge in [-0.15, -0.1) is 0 Å². The summed E-state index contributed by atoms with van der Waals surface area (Å²) in [6.45, 7) is 9.99. The van der Waals surface area contributed by atoms with Gasteiger partial charge in [-0.2, -0.15) is 0 Å². The summed E-state index contributed by atoms with van der Waals surface area (Å²) in [7, 11) is 0. The summed E-state index contributed by atoms with van der Waals surface area (Å²) < 4.78 is 0. The van der Waals surface area contributed by atoms with Crippen molar-refractivity contribution >= 4 is 6.21 Å². The van der Waals surface area contributed by atoms with E-state index in [1.807, 2.05) is 13.1 Å². The van der Waals surface area contributed by atoms with Gasteiger partial charge in [0.25, 0.3) is 0 Å². The average molecular weight is 151 g/mol. The Hall–Kier alpha value is -0.850. The standard InChI is InChI=1S/C10H17N/c1-5-9(4)11-8-10(6-2)7-3/h6,8H,4-5,7H2,1-3H3/b10-6-,11-8?. The Morgan fingerprint density at radius 2 is 2.00 bits per heavy atom. The van der Waals surface area contributed by atoms with E-state index in [-0.39, 0.29) is 0 Å². The molecule has 0 radical (unpaired) electrons. The van der Waals surface area contributed by atoms with Gasteiger partial charge in [-0.3, -0.25) is 4.99 Å². The minimum atomic E-state index is 0.928. The van der Waals surface area contributed by atoms with E-state index >= 15 is 0 Å². The van der Waals surface area contributed by atoms with Gasteiger partial charge in [-0.25, -0.2) is 0 Å². The fourth-order valence-electron chi connectivity index (χ4n) is 0.635. The molecule has 0 atom stereocenters. The van der Waals surface area contributed by atoms with Crippen LogP contribution in [0.15, 0.2) is 28.9 Å². The zero-order valence-corrected chi connectivity index (χ0v) is 7.72. The summed E-state index contributed by atoms with van der Waals surface area (Å²) in [5, 5.41) is 0. The van der Waals surface area contributed by atoms with E-state index in [1.165, 1.54) is 5.57 Å². The van der Waals surface area contributed by atoms with Crippen molar-refractivity contribution in [2.45, 2.75) is 33.6 Å². The predicted molar refractivity (Wildman–Crippen MR) is 52.0 cm³/mol. The van der Waals surface area contributed by atoms with Crippen LogP contribution in [0.2, 0.25) is 0 Å². The van der Waals surface area contributed by atoms with Crippen LogP contribution in [0.25, 0.3) is 0 Å². The molecule has 0 aliphatic carbocycles. The van der Waals surface area contributed by atoms with Gasteiger partial charge in [0.1, 0.15) is 0 Å². The minimum absolute atomic E-state index is 0.928. The highest BCUT2D eigenvalue weighted by Crippen LogP contribution is 2.01. The molecule has 11 heavy (non-hydrogen) atoms. The number of nitrogens with zero attached hydrogens (tertiary/aromatic N) is 1. The molecule has 0 saturated carbocycles. The lowest BCUT2D eigenvalue weighted by molar-refractivity contribution is 1.08. The molecule has 0 aromatic rings. The quantitative estimate of drug-likeness (QED) is 0.546. The lowest BCUT2D eigenvalue weighted by Gasteiger charge is -1.94. The first-order chi connectivity index (χ1) is 5.24. The Morgan fingerprint density at radius 3 is 2.36 bits per heavy atom. The van der Waals surface area contributed by atoms with Crippen molar-refractivity contribution in [1.29, 1.82) is 0 Å². The maximum atomic E-state index is 4.20. The van der Waals surface area contributed by atoms with Crippen molar-refractivity contribution in [2.75, 3.05) is 0 Å². The second-order valence-corrected chi connectivity index (χ2v) is 2.40. The molecule has 0 heterocycles. The monoisotopic (exact) mass is 151 g/mol. The van der Waals surface area contributed by atoms with Gasteiger partial charge in [0.2, 0.25) is 0 Å². The molecule has 0 amide bonds. The zero-order chi connectivity index (χ0) is 8.69. The molecule has 1 nitrogen and oxygen atoms in total. The van der Waals surface area contributed by atoms with E-state index in [0.29, 0.717) is 0 Å². The average Bonchev–Trinajstić information content (AvgIpc) is 2.06. The molecule has 62 valence electrons. The van der Waals surface area contributed by atoms with Crippen LogP contribution in [0.5, 0.6) is 0 Å². The van der Waals surface area contributed by atoms with Crippen LogP contribution in [0.4, 0.5) is 0 Å². The van der Waals surface area contributed by atoms with Gasteiger partial charge in [0.05, 0.1) is 0 Å². The van der Waals surface area contributed by atoms with Crippen molar-refractivity contribution in [3.63, 3.8) is 0 Å². The molecule has 0 aromatic carbocycles. The molecular weight excluding hydrogens is 134 g/mol. The maximum absolute atomic E-state index is 4.20. The molecule has 0 aliphatic rings. The molecule has 0 spiro atoms. The highest BCUT2D eigenvalue weighted by atomic mass is 14.7. The van der Waals surface area contributed by atoms with E-state index in [0.717, 1.165) is 18.5 Å². The second-order valence-electron chi connectivity index (χ2n) is 2.40. The van der Waals surface area contributed by atoms with Gasteiger partial charge < -0.3 is 0 Å². The molecule has 0 unspecified atom stereocenters. The number of hydrogen-bond acceptors (Lipinski definition) is 1. The number of aliphatic imine (C=N–C) groups is 1. The minimum Gasteiger partial charge on any atom is -0.262 e. The van der Waals surface area contributed by atoms with Gasteiger partial charge >= 0.3 is 0 Å².